The largest absolute Gasteiger partial charge is 0.508 e. The fourth-order valence-corrected chi connectivity index (χ4v) is 12.8. The number of benzene rings is 3. The van der Waals surface area contributed by atoms with E-state index in [0.717, 1.165) is 22.9 Å². The van der Waals surface area contributed by atoms with Gasteiger partial charge in [-0.2, -0.15) is 15.2 Å². The van der Waals surface area contributed by atoms with Crippen molar-refractivity contribution in [2.45, 2.75) is 102 Å². The molecule has 7 aromatic rings. The standard InChI is InChI=1S/C60H54F3N9O8/c1-6-38-40-22-37(11-13-47(40)66-51-43(38)28-72-48(51)23-45-44(56(72)75)29-78-57(76)60(45,77)8-3)80-32(5)31(4)55(74)71-19-18-69(27-35(71)14-16-64)54-42-25-65-52(41-21-36(73)20-33-10-12-46(62)39(7-2)49(33)41)50(63)53(42)67-58(68-54)79-30-59-15-9-17-70(59)26-34(61)24-59/h2,10-13,20-23,25,32,34-35,73,77H,4,6,8-9,14-15,17-19,24,26-30H2,1,3,5H3/t32-,34+,35-,59-,60-/m0/s1. The molecule has 0 saturated carbocycles. The van der Waals surface area contributed by atoms with E-state index in [1.165, 1.54) is 30.5 Å². The first-order chi connectivity index (χ1) is 38.5. The molecule has 4 aromatic heterocycles. The highest BCUT2D eigenvalue weighted by atomic mass is 19.1. The lowest BCUT2D eigenvalue weighted by atomic mass is 9.86. The van der Waals surface area contributed by atoms with Gasteiger partial charge in [-0.1, -0.05) is 32.4 Å². The number of amides is 1. The van der Waals surface area contributed by atoms with Crippen LogP contribution in [0.1, 0.15) is 80.7 Å². The number of nitrogens with zero attached hydrogens (tertiary/aromatic N) is 9. The average Bonchev–Trinajstić information content (AvgIpc) is 4.29. The van der Waals surface area contributed by atoms with Gasteiger partial charge in [0.05, 0.1) is 64.0 Å². The summed E-state index contributed by atoms with van der Waals surface area (Å²) in [5.74, 6) is -0.161. The third-order valence-corrected chi connectivity index (χ3v) is 16.9. The van der Waals surface area contributed by atoms with Crippen LogP contribution in [0.15, 0.2) is 71.7 Å². The second kappa shape index (κ2) is 19.6. The number of piperazine rings is 1. The highest BCUT2D eigenvalue weighted by Gasteiger charge is 2.50. The number of esters is 1. The average molecular weight is 1090 g/mol. The Bertz CT molecular complexity index is 3990. The number of pyridine rings is 3. The van der Waals surface area contributed by atoms with Gasteiger partial charge in [0.15, 0.2) is 11.4 Å². The number of aromatic nitrogens is 5. The van der Waals surface area contributed by atoms with E-state index in [-0.39, 0.29) is 138 Å². The first-order valence-corrected chi connectivity index (χ1v) is 26.7. The molecule has 0 bridgehead atoms. The van der Waals surface area contributed by atoms with Gasteiger partial charge in [0, 0.05) is 71.8 Å². The van der Waals surface area contributed by atoms with E-state index in [9.17, 15) is 34.2 Å². The number of hydrogen-bond donors (Lipinski definition) is 2. The molecule has 3 saturated heterocycles. The lowest BCUT2D eigenvalue weighted by Gasteiger charge is -2.42. The summed E-state index contributed by atoms with van der Waals surface area (Å²) in [6, 6.07) is 13.6. The summed E-state index contributed by atoms with van der Waals surface area (Å²) >= 11 is 0. The molecule has 5 aliphatic heterocycles. The number of rotatable bonds is 12. The van der Waals surface area contributed by atoms with Gasteiger partial charge in [-0.3, -0.25) is 19.5 Å². The maximum Gasteiger partial charge on any atom is 0.343 e. The fourth-order valence-electron chi connectivity index (χ4n) is 12.8. The summed E-state index contributed by atoms with van der Waals surface area (Å²) in [6.07, 6.45) is 7.54. The smallest absolute Gasteiger partial charge is 0.343 e. The molecule has 0 radical (unpaired) electrons. The number of carbonyl (C=O) groups excluding carboxylic acids is 2. The monoisotopic (exact) mass is 1090 g/mol. The second-order valence-corrected chi connectivity index (χ2v) is 21.3. The number of terminal acetylenes is 1. The van der Waals surface area contributed by atoms with Gasteiger partial charge < -0.3 is 38.8 Å². The van der Waals surface area contributed by atoms with Crippen molar-refractivity contribution >= 4 is 50.3 Å². The Hall–Kier alpha value is -8.59. The molecule has 12 rings (SSSR count). The van der Waals surface area contributed by atoms with Crippen LogP contribution >= 0.6 is 0 Å². The number of aryl methyl sites for hydroxylation is 1. The molecule has 9 heterocycles. The van der Waals surface area contributed by atoms with Crippen LogP contribution in [0.25, 0.3) is 55.2 Å². The van der Waals surface area contributed by atoms with Crippen molar-refractivity contribution in [3.63, 3.8) is 0 Å². The number of anilines is 1. The molecule has 1 amide bonds. The maximum absolute atomic E-state index is 17.4. The molecule has 408 valence electrons. The quantitative estimate of drug-likeness (QED) is 0.0683. The molecule has 80 heavy (non-hydrogen) atoms. The number of alkyl halides is 1. The van der Waals surface area contributed by atoms with Crippen LogP contribution in [0.5, 0.6) is 17.5 Å². The molecule has 20 heteroatoms. The Morgan fingerprint density at radius 3 is 2.64 bits per heavy atom. The van der Waals surface area contributed by atoms with Gasteiger partial charge in [0.1, 0.15) is 59.8 Å². The number of phenolic OH excluding ortho intramolecular Hbond substituents is 1. The summed E-state index contributed by atoms with van der Waals surface area (Å²) in [4.78, 5) is 65.5. The van der Waals surface area contributed by atoms with E-state index in [0.29, 0.717) is 47.4 Å². The number of ether oxygens (including phenoxy) is 3. The highest BCUT2D eigenvalue weighted by Crippen LogP contribution is 2.44. The number of hydrogen-bond acceptors (Lipinski definition) is 15. The summed E-state index contributed by atoms with van der Waals surface area (Å²) in [5.41, 5.74) is 0.485. The lowest BCUT2D eigenvalue weighted by molar-refractivity contribution is -0.172. The van der Waals surface area contributed by atoms with Crippen LogP contribution in [0.3, 0.4) is 0 Å². The first-order valence-electron chi connectivity index (χ1n) is 26.7. The molecular weight excluding hydrogens is 1030 g/mol. The topological polar surface area (TPSA) is 209 Å². The Labute approximate surface area is 456 Å². The Balaban J connectivity index is 0.825. The number of aromatic hydroxyl groups is 1. The molecule has 3 aromatic carbocycles. The van der Waals surface area contributed by atoms with Gasteiger partial charge >= 0.3 is 12.0 Å². The van der Waals surface area contributed by atoms with E-state index in [1.54, 1.807) is 41.5 Å². The van der Waals surface area contributed by atoms with Crippen molar-refractivity contribution in [2.75, 3.05) is 44.2 Å². The Morgan fingerprint density at radius 2 is 1.86 bits per heavy atom. The molecule has 0 unspecified atom stereocenters. The van der Waals surface area contributed by atoms with Crippen molar-refractivity contribution < 1.29 is 47.2 Å². The van der Waals surface area contributed by atoms with E-state index < -0.39 is 53.0 Å². The number of aliphatic hydroxyl groups is 1. The number of fused-ring (bicyclic) bond motifs is 8. The van der Waals surface area contributed by atoms with Crippen LogP contribution in [-0.4, -0.2) is 120 Å². The molecule has 5 atom stereocenters. The number of cyclic esters (lactones) is 1. The van der Waals surface area contributed by atoms with Crippen molar-refractivity contribution in [3.05, 3.63) is 117 Å². The maximum atomic E-state index is 17.4. The van der Waals surface area contributed by atoms with Gasteiger partial charge in [0.2, 0.25) is 0 Å². The van der Waals surface area contributed by atoms with Gasteiger partial charge in [-0.15, -0.1) is 6.42 Å². The molecule has 5 aliphatic rings. The Morgan fingerprint density at radius 1 is 1.04 bits per heavy atom. The van der Waals surface area contributed by atoms with Crippen LogP contribution < -0.4 is 19.9 Å². The summed E-state index contributed by atoms with van der Waals surface area (Å²) in [5, 5.41) is 33.8. The van der Waals surface area contributed by atoms with Gasteiger partial charge in [-0.25, -0.2) is 22.9 Å². The number of nitriles is 1. The minimum absolute atomic E-state index is 0.0222. The molecule has 0 spiro atoms. The highest BCUT2D eigenvalue weighted by molar-refractivity contribution is 6.03. The lowest BCUT2D eigenvalue weighted by Crippen LogP contribution is -2.56. The third kappa shape index (κ3) is 8.25. The van der Waals surface area contributed by atoms with Crippen molar-refractivity contribution in [3.8, 4) is 58.6 Å². The summed E-state index contributed by atoms with van der Waals surface area (Å²) in [6.45, 7) is 10.8. The first kappa shape index (κ1) is 52.1. The van der Waals surface area contributed by atoms with Crippen molar-refractivity contribution in [1.82, 2.24) is 34.3 Å². The minimum atomic E-state index is -1.96. The molecule has 2 N–H and O–H groups in total. The zero-order valence-electron chi connectivity index (χ0n) is 44.1. The van der Waals surface area contributed by atoms with E-state index in [1.807, 2.05) is 17.9 Å². The van der Waals surface area contributed by atoms with E-state index >= 15 is 8.78 Å². The van der Waals surface area contributed by atoms with Gasteiger partial charge in [-0.05, 0) is 92.6 Å². The minimum Gasteiger partial charge on any atom is -0.508 e. The molecule has 3 fully saturated rings. The zero-order chi connectivity index (χ0) is 56.1. The number of phenols is 1. The van der Waals surface area contributed by atoms with Crippen LogP contribution in [0, 0.1) is 35.3 Å². The van der Waals surface area contributed by atoms with E-state index in [4.69, 9.17) is 30.6 Å². The number of carbonyl (C=O) groups is 2. The molecule has 17 nitrogen and oxygen atoms in total. The van der Waals surface area contributed by atoms with Crippen molar-refractivity contribution in [1.29, 1.82) is 5.26 Å². The normalized spacial score (nSPS) is 21.6. The Kier molecular flexibility index (Phi) is 12.8. The van der Waals surface area contributed by atoms with Gasteiger partial charge in [0.25, 0.3) is 11.5 Å². The van der Waals surface area contributed by atoms with Crippen molar-refractivity contribution in [2.24, 2.45) is 0 Å². The molecular formula is C60H54F3N9O8. The number of halogens is 3. The van der Waals surface area contributed by atoms with Crippen LogP contribution in [0.2, 0.25) is 0 Å². The predicted molar refractivity (Wildman–Crippen MR) is 289 cm³/mol. The molecule has 0 aliphatic carbocycles. The summed E-state index contributed by atoms with van der Waals surface area (Å²) < 4.78 is 67.1. The summed E-state index contributed by atoms with van der Waals surface area (Å²) in [7, 11) is 0. The van der Waals surface area contributed by atoms with E-state index in [2.05, 4.69) is 33.4 Å². The third-order valence-electron chi connectivity index (χ3n) is 16.9. The van der Waals surface area contributed by atoms with Crippen LogP contribution in [-0.2, 0) is 39.5 Å². The predicted octanol–water partition coefficient (Wildman–Crippen LogP) is 7.68. The fraction of sp³-hybridized carbons (Fsp3) is 0.367. The SMILES string of the molecule is C#Cc1c(F)ccc2cc(O)cc(-c3ncc4c(N5CCN(C(=O)C(=C)[C@H](C)Oc6ccc7nc8c(c(CC)c7c6)Cn6c-8cc7c(c6=O)COC(=O)[C@]7(O)CC)[C@@H](CC#N)C5)nc(OC[C@@]56CCCN5C[C@H](F)C6)nc4c3F)c12. The zero-order valence-corrected chi connectivity index (χ0v) is 44.1. The van der Waals surface area contributed by atoms with Crippen LogP contribution in [0.4, 0.5) is 19.0 Å². The second-order valence-electron chi connectivity index (χ2n) is 21.3.